The number of aryl methyl sites for hydroxylation is 2. The van der Waals surface area contributed by atoms with E-state index in [1.807, 2.05) is 19.1 Å². The second-order valence-corrected chi connectivity index (χ2v) is 5.70. The van der Waals surface area contributed by atoms with Crippen LogP contribution in [0.5, 0.6) is 0 Å². The highest BCUT2D eigenvalue weighted by Gasteiger charge is 2.34. The maximum absolute atomic E-state index is 12.9. The van der Waals surface area contributed by atoms with Crippen molar-refractivity contribution in [2.24, 2.45) is 0 Å². The minimum absolute atomic E-state index is 0.241. The molecule has 3 aromatic rings. The SMILES string of the molecule is Cc1ccc2oc(C(=O)N3CCOCC3c3nnc(C)o3)cc2n1. The second-order valence-electron chi connectivity index (χ2n) is 5.70. The minimum Gasteiger partial charge on any atom is -0.449 e. The Balaban J connectivity index is 1.67. The number of fused-ring (bicyclic) bond motifs is 1. The highest BCUT2D eigenvalue weighted by atomic mass is 16.5. The van der Waals surface area contributed by atoms with Crippen molar-refractivity contribution < 1.29 is 18.4 Å². The van der Waals surface area contributed by atoms with E-state index in [1.54, 1.807) is 17.9 Å². The molecule has 8 nitrogen and oxygen atoms in total. The lowest BCUT2D eigenvalue weighted by molar-refractivity contribution is -0.0120. The highest BCUT2D eigenvalue weighted by molar-refractivity contribution is 5.95. The number of aromatic nitrogens is 3. The van der Waals surface area contributed by atoms with E-state index in [2.05, 4.69) is 15.2 Å². The van der Waals surface area contributed by atoms with Gasteiger partial charge in [-0.05, 0) is 19.1 Å². The molecule has 1 unspecified atom stereocenters. The third-order valence-corrected chi connectivity index (χ3v) is 3.94. The summed E-state index contributed by atoms with van der Waals surface area (Å²) in [6.45, 7) is 4.79. The van der Waals surface area contributed by atoms with Crippen LogP contribution >= 0.6 is 0 Å². The average Bonchev–Trinajstić information content (AvgIpc) is 3.20. The van der Waals surface area contributed by atoms with Gasteiger partial charge in [0.2, 0.25) is 11.8 Å². The topological polar surface area (TPSA) is 94.5 Å². The number of ether oxygens (including phenoxy) is 1. The number of morpholine rings is 1. The zero-order valence-electron chi connectivity index (χ0n) is 13.4. The fraction of sp³-hybridized carbons (Fsp3) is 0.375. The van der Waals surface area contributed by atoms with Crippen LogP contribution < -0.4 is 0 Å². The first-order chi connectivity index (χ1) is 11.6. The Hall–Kier alpha value is -2.74. The van der Waals surface area contributed by atoms with Crippen molar-refractivity contribution in [3.63, 3.8) is 0 Å². The molecule has 0 radical (unpaired) electrons. The van der Waals surface area contributed by atoms with Gasteiger partial charge in [-0.15, -0.1) is 10.2 Å². The molecule has 1 atom stereocenters. The van der Waals surface area contributed by atoms with E-state index in [-0.39, 0.29) is 11.7 Å². The van der Waals surface area contributed by atoms with Crippen molar-refractivity contribution in [3.8, 4) is 0 Å². The molecular weight excluding hydrogens is 312 g/mol. The number of amides is 1. The van der Waals surface area contributed by atoms with Crippen LogP contribution in [0.25, 0.3) is 11.1 Å². The van der Waals surface area contributed by atoms with Gasteiger partial charge in [-0.1, -0.05) is 0 Å². The summed E-state index contributed by atoms with van der Waals surface area (Å²) in [7, 11) is 0. The van der Waals surface area contributed by atoms with Gasteiger partial charge in [-0.2, -0.15) is 0 Å². The summed E-state index contributed by atoms with van der Waals surface area (Å²) in [6, 6.07) is 4.90. The number of furan rings is 1. The molecule has 1 amide bonds. The standard InChI is InChI=1S/C16H16N4O4/c1-9-3-4-13-11(17-9)7-14(24-13)16(21)20-5-6-22-8-12(20)15-19-18-10(2)23-15/h3-4,7,12H,5-6,8H2,1-2H3. The molecule has 3 aromatic heterocycles. The Labute approximate surface area is 137 Å². The summed E-state index contributed by atoms with van der Waals surface area (Å²) in [5.41, 5.74) is 2.12. The molecule has 4 heterocycles. The van der Waals surface area contributed by atoms with Crippen LogP contribution in [0.4, 0.5) is 0 Å². The molecule has 0 saturated carbocycles. The van der Waals surface area contributed by atoms with Crippen molar-refractivity contribution in [1.29, 1.82) is 0 Å². The maximum Gasteiger partial charge on any atom is 0.290 e. The van der Waals surface area contributed by atoms with E-state index in [0.717, 1.165) is 5.69 Å². The normalized spacial score (nSPS) is 18.2. The van der Waals surface area contributed by atoms with Crippen LogP contribution in [0.3, 0.4) is 0 Å². The van der Waals surface area contributed by atoms with Crippen LogP contribution in [0.15, 0.2) is 27.0 Å². The largest absolute Gasteiger partial charge is 0.449 e. The van der Waals surface area contributed by atoms with Gasteiger partial charge in [0.1, 0.15) is 11.6 Å². The number of carbonyl (C=O) groups is 1. The molecule has 4 rings (SSSR count). The van der Waals surface area contributed by atoms with Gasteiger partial charge in [0.05, 0.1) is 13.2 Å². The van der Waals surface area contributed by atoms with Crippen LogP contribution in [0.1, 0.15) is 34.1 Å². The molecule has 0 aliphatic carbocycles. The first kappa shape index (κ1) is 14.8. The summed E-state index contributed by atoms with van der Waals surface area (Å²) in [5.74, 6) is 0.818. The molecule has 0 aromatic carbocycles. The number of carbonyl (C=O) groups excluding carboxylic acids is 1. The fourth-order valence-corrected chi connectivity index (χ4v) is 2.77. The van der Waals surface area contributed by atoms with Gasteiger partial charge >= 0.3 is 0 Å². The highest BCUT2D eigenvalue weighted by Crippen LogP contribution is 2.27. The zero-order valence-corrected chi connectivity index (χ0v) is 13.4. The van der Waals surface area contributed by atoms with E-state index in [1.165, 1.54) is 0 Å². The second kappa shape index (κ2) is 5.72. The monoisotopic (exact) mass is 328 g/mol. The first-order valence-electron chi connectivity index (χ1n) is 7.68. The lowest BCUT2D eigenvalue weighted by Crippen LogP contribution is -2.43. The molecule has 1 aliphatic heterocycles. The van der Waals surface area contributed by atoms with Crippen LogP contribution in [0.2, 0.25) is 0 Å². The molecule has 0 bridgehead atoms. The van der Waals surface area contributed by atoms with Gasteiger partial charge in [0.25, 0.3) is 5.91 Å². The molecule has 1 saturated heterocycles. The predicted octanol–water partition coefficient (Wildman–Crippen LogP) is 2.04. The van der Waals surface area contributed by atoms with Crippen molar-refractivity contribution in [3.05, 3.63) is 41.4 Å². The predicted molar refractivity (Wildman–Crippen MR) is 82.4 cm³/mol. The summed E-state index contributed by atoms with van der Waals surface area (Å²) in [5, 5.41) is 7.85. The molecule has 8 heteroatoms. The van der Waals surface area contributed by atoms with Gasteiger partial charge in [-0.3, -0.25) is 4.79 Å². The van der Waals surface area contributed by atoms with E-state index >= 15 is 0 Å². The van der Waals surface area contributed by atoms with E-state index in [9.17, 15) is 4.79 Å². The number of hydrogen-bond acceptors (Lipinski definition) is 7. The van der Waals surface area contributed by atoms with Crippen LogP contribution in [-0.4, -0.2) is 45.7 Å². The maximum atomic E-state index is 12.9. The summed E-state index contributed by atoms with van der Waals surface area (Å²) in [6.07, 6.45) is 0. The number of nitrogens with zero attached hydrogens (tertiary/aromatic N) is 4. The molecule has 0 N–H and O–H groups in total. The Kier molecular flexibility index (Phi) is 3.53. The smallest absolute Gasteiger partial charge is 0.290 e. The van der Waals surface area contributed by atoms with Crippen molar-refractivity contribution in [1.82, 2.24) is 20.1 Å². The van der Waals surface area contributed by atoms with Crippen molar-refractivity contribution >= 4 is 17.0 Å². The van der Waals surface area contributed by atoms with Crippen LogP contribution in [0, 0.1) is 13.8 Å². The quantitative estimate of drug-likeness (QED) is 0.710. The van der Waals surface area contributed by atoms with Crippen molar-refractivity contribution in [2.45, 2.75) is 19.9 Å². The Morgan fingerprint density at radius 3 is 2.92 bits per heavy atom. The summed E-state index contributed by atoms with van der Waals surface area (Å²) >= 11 is 0. The van der Waals surface area contributed by atoms with Gasteiger partial charge < -0.3 is 18.5 Å². The minimum atomic E-state index is -0.421. The lowest BCUT2D eigenvalue weighted by atomic mass is 10.2. The summed E-state index contributed by atoms with van der Waals surface area (Å²) < 4.78 is 16.6. The number of hydrogen-bond donors (Lipinski definition) is 0. The Bertz CT molecular complexity index is 901. The molecular formula is C16H16N4O4. The molecule has 1 fully saturated rings. The Morgan fingerprint density at radius 1 is 1.25 bits per heavy atom. The molecule has 1 aliphatic rings. The van der Waals surface area contributed by atoms with Crippen molar-refractivity contribution in [2.75, 3.05) is 19.8 Å². The first-order valence-corrected chi connectivity index (χ1v) is 7.68. The van der Waals surface area contributed by atoms with E-state index in [0.29, 0.717) is 42.6 Å². The van der Waals surface area contributed by atoms with E-state index in [4.69, 9.17) is 13.6 Å². The fourth-order valence-electron chi connectivity index (χ4n) is 2.77. The van der Waals surface area contributed by atoms with Gasteiger partial charge in [0.15, 0.2) is 11.3 Å². The summed E-state index contributed by atoms with van der Waals surface area (Å²) in [4.78, 5) is 18.9. The molecule has 124 valence electrons. The lowest BCUT2D eigenvalue weighted by Gasteiger charge is -2.32. The molecule has 0 spiro atoms. The Morgan fingerprint density at radius 2 is 2.12 bits per heavy atom. The average molecular weight is 328 g/mol. The zero-order chi connectivity index (χ0) is 16.7. The number of rotatable bonds is 2. The van der Waals surface area contributed by atoms with Gasteiger partial charge in [0, 0.05) is 25.2 Å². The number of pyridine rings is 1. The van der Waals surface area contributed by atoms with Crippen LogP contribution in [-0.2, 0) is 4.74 Å². The molecule has 24 heavy (non-hydrogen) atoms. The third kappa shape index (κ3) is 2.54. The third-order valence-electron chi connectivity index (χ3n) is 3.94. The van der Waals surface area contributed by atoms with E-state index < -0.39 is 6.04 Å². The van der Waals surface area contributed by atoms with Gasteiger partial charge in [-0.25, -0.2) is 4.98 Å².